The molecule has 120 valence electrons. The Morgan fingerprint density at radius 1 is 1.26 bits per heavy atom. The summed E-state index contributed by atoms with van der Waals surface area (Å²) in [5, 5.41) is 16.3. The maximum Gasteiger partial charge on any atom is 0.319 e. The van der Waals surface area contributed by atoms with Gasteiger partial charge in [-0.25, -0.2) is 4.79 Å². The number of amides is 2. The molecule has 2 aromatic rings. The van der Waals surface area contributed by atoms with Crippen molar-refractivity contribution in [2.75, 3.05) is 11.9 Å². The SMILES string of the molecule is Cc1cc(C)c([N+](=O)[O-])cc1NC(=O)NCCc1ccccn1. The minimum Gasteiger partial charge on any atom is -0.337 e. The van der Waals surface area contributed by atoms with Gasteiger partial charge in [0.1, 0.15) is 0 Å². The number of nitro benzene ring substituents is 1. The molecule has 0 saturated heterocycles. The number of aromatic nitrogens is 1. The Balaban J connectivity index is 1.95. The first-order valence-electron chi connectivity index (χ1n) is 7.18. The van der Waals surface area contributed by atoms with Gasteiger partial charge in [-0.3, -0.25) is 15.1 Å². The van der Waals surface area contributed by atoms with E-state index in [1.165, 1.54) is 6.07 Å². The average molecular weight is 314 g/mol. The van der Waals surface area contributed by atoms with E-state index in [1.807, 2.05) is 18.2 Å². The van der Waals surface area contributed by atoms with Crippen LogP contribution in [0.3, 0.4) is 0 Å². The normalized spacial score (nSPS) is 10.2. The highest BCUT2D eigenvalue weighted by Crippen LogP contribution is 2.26. The van der Waals surface area contributed by atoms with Gasteiger partial charge in [0.2, 0.25) is 0 Å². The van der Waals surface area contributed by atoms with E-state index in [1.54, 1.807) is 26.1 Å². The smallest absolute Gasteiger partial charge is 0.319 e. The van der Waals surface area contributed by atoms with Crippen LogP contribution in [-0.2, 0) is 6.42 Å². The van der Waals surface area contributed by atoms with Gasteiger partial charge in [-0.1, -0.05) is 6.07 Å². The van der Waals surface area contributed by atoms with Crippen LogP contribution in [0.25, 0.3) is 0 Å². The lowest BCUT2D eigenvalue weighted by molar-refractivity contribution is -0.385. The summed E-state index contributed by atoms with van der Waals surface area (Å²) >= 11 is 0. The summed E-state index contributed by atoms with van der Waals surface area (Å²) in [6, 6.07) is 8.26. The zero-order valence-corrected chi connectivity index (χ0v) is 13.0. The van der Waals surface area contributed by atoms with Crippen molar-refractivity contribution in [1.82, 2.24) is 10.3 Å². The number of carbonyl (C=O) groups is 1. The molecule has 0 radical (unpaired) electrons. The Labute approximate surface area is 133 Å². The average Bonchev–Trinajstić information content (AvgIpc) is 2.50. The van der Waals surface area contributed by atoms with Crippen molar-refractivity contribution in [2.24, 2.45) is 0 Å². The molecule has 7 nitrogen and oxygen atoms in total. The summed E-state index contributed by atoms with van der Waals surface area (Å²) in [6.07, 6.45) is 2.31. The zero-order valence-electron chi connectivity index (χ0n) is 13.0. The number of hydrogen-bond donors (Lipinski definition) is 2. The van der Waals surface area contributed by atoms with Crippen molar-refractivity contribution in [1.29, 1.82) is 0 Å². The van der Waals surface area contributed by atoms with Crippen LogP contribution in [0.1, 0.15) is 16.8 Å². The molecule has 1 heterocycles. The predicted octanol–water partition coefficient (Wildman–Crippen LogP) is 2.97. The van der Waals surface area contributed by atoms with E-state index in [4.69, 9.17) is 0 Å². The zero-order chi connectivity index (χ0) is 16.8. The highest BCUT2D eigenvalue weighted by atomic mass is 16.6. The summed E-state index contributed by atoms with van der Waals surface area (Å²) in [6.45, 7) is 3.89. The van der Waals surface area contributed by atoms with Gasteiger partial charge in [0.15, 0.2) is 0 Å². The number of aryl methyl sites for hydroxylation is 2. The molecule has 1 aromatic heterocycles. The second kappa shape index (κ2) is 7.35. The van der Waals surface area contributed by atoms with Gasteiger partial charge in [0.25, 0.3) is 5.69 Å². The van der Waals surface area contributed by atoms with Crippen molar-refractivity contribution in [3.63, 3.8) is 0 Å². The number of nitrogens with zero attached hydrogens (tertiary/aromatic N) is 2. The second-order valence-corrected chi connectivity index (χ2v) is 5.16. The molecule has 2 amide bonds. The van der Waals surface area contributed by atoms with E-state index in [9.17, 15) is 14.9 Å². The van der Waals surface area contributed by atoms with Crippen molar-refractivity contribution in [3.05, 3.63) is 63.5 Å². The van der Waals surface area contributed by atoms with E-state index in [0.717, 1.165) is 11.3 Å². The highest BCUT2D eigenvalue weighted by molar-refractivity contribution is 5.90. The van der Waals surface area contributed by atoms with Crippen molar-refractivity contribution in [3.8, 4) is 0 Å². The summed E-state index contributed by atoms with van der Waals surface area (Å²) in [4.78, 5) is 26.6. The largest absolute Gasteiger partial charge is 0.337 e. The van der Waals surface area contributed by atoms with Gasteiger partial charge in [-0.15, -0.1) is 0 Å². The van der Waals surface area contributed by atoms with Gasteiger partial charge in [-0.2, -0.15) is 0 Å². The fourth-order valence-corrected chi connectivity index (χ4v) is 2.19. The third-order valence-electron chi connectivity index (χ3n) is 3.38. The number of anilines is 1. The molecule has 7 heteroatoms. The number of rotatable bonds is 5. The van der Waals surface area contributed by atoms with Gasteiger partial charge in [0.05, 0.1) is 10.6 Å². The molecule has 0 unspecified atom stereocenters. The summed E-state index contributed by atoms with van der Waals surface area (Å²) < 4.78 is 0. The van der Waals surface area contributed by atoms with E-state index >= 15 is 0 Å². The van der Waals surface area contributed by atoms with Crippen LogP contribution < -0.4 is 10.6 Å². The molecule has 0 atom stereocenters. The first-order valence-corrected chi connectivity index (χ1v) is 7.18. The number of urea groups is 1. The van der Waals surface area contributed by atoms with E-state index < -0.39 is 11.0 Å². The summed E-state index contributed by atoms with van der Waals surface area (Å²) in [5.41, 5.74) is 2.63. The molecular formula is C16H18N4O3. The number of hydrogen-bond acceptors (Lipinski definition) is 4. The topological polar surface area (TPSA) is 97.2 Å². The minimum absolute atomic E-state index is 0.0145. The van der Waals surface area contributed by atoms with Crippen LogP contribution in [0.5, 0.6) is 0 Å². The molecule has 0 aliphatic carbocycles. The molecule has 2 N–H and O–H groups in total. The lowest BCUT2D eigenvalue weighted by Gasteiger charge is -2.11. The molecule has 0 spiro atoms. The van der Waals surface area contributed by atoms with Gasteiger partial charge in [-0.05, 0) is 37.6 Å². The lowest BCUT2D eigenvalue weighted by Crippen LogP contribution is -2.30. The summed E-state index contributed by atoms with van der Waals surface area (Å²) in [7, 11) is 0. The van der Waals surface area contributed by atoms with Crippen LogP contribution in [0.15, 0.2) is 36.5 Å². The summed E-state index contributed by atoms with van der Waals surface area (Å²) in [5.74, 6) is 0. The van der Waals surface area contributed by atoms with Crippen molar-refractivity contribution >= 4 is 17.4 Å². The van der Waals surface area contributed by atoms with Crippen LogP contribution in [0, 0.1) is 24.0 Å². The Bertz CT molecular complexity index is 717. The predicted molar refractivity (Wildman–Crippen MR) is 87.5 cm³/mol. The highest BCUT2D eigenvalue weighted by Gasteiger charge is 2.14. The standard InChI is InChI=1S/C16H18N4O3/c1-11-9-12(2)15(20(22)23)10-14(11)19-16(21)18-8-6-13-5-3-4-7-17-13/h3-5,7,9-10H,6,8H2,1-2H3,(H2,18,19,21). The molecule has 2 rings (SSSR count). The fourth-order valence-electron chi connectivity index (χ4n) is 2.19. The Hall–Kier alpha value is -2.96. The first kappa shape index (κ1) is 16.4. The number of nitrogens with one attached hydrogen (secondary N) is 2. The van der Waals surface area contributed by atoms with Crippen molar-refractivity contribution in [2.45, 2.75) is 20.3 Å². The third-order valence-corrected chi connectivity index (χ3v) is 3.38. The number of benzene rings is 1. The molecule has 1 aromatic carbocycles. The fraction of sp³-hybridized carbons (Fsp3) is 0.250. The Morgan fingerprint density at radius 2 is 2.04 bits per heavy atom. The maximum absolute atomic E-state index is 11.9. The van der Waals surface area contributed by atoms with E-state index in [-0.39, 0.29) is 5.69 Å². The molecular weight excluding hydrogens is 296 g/mol. The Morgan fingerprint density at radius 3 is 2.70 bits per heavy atom. The lowest BCUT2D eigenvalue weighted by atomic mass is 10.1. The Kier molecular flexibility index (Phi) is 5.24. The third kappa shape index (κ3) is 4.50. The molecule has 0 saturated carbocycles. The molecule has 0 bridgehead atoms. The van der Waals surface area contributed by atoms with Gasteiger partial charge < -0.3 is 10.6 Å². The molecule has 0 fully saturated rings. The van der Waals surface area contributed by atoms with Crippen LogP contribution in [0.2, 0.25) is 0 Å². The van der Waals surface area contributed by atoms with Crippen LogP contribution in [-0.4, -0.2) is 22.5 Å². The van der Waals surface area contributed by atoms with Crippen molar-refractivity contribution < 1.29 is 9.72 Å². The van der Waals surface area contributed by atoms with Crippen LogP contribution >= 0.6 is 0 Å². The van der Waals surface area contributed by atoms with Gasteiger partial charge >= 0.3 is 6.03 Å². The maximum atomic E-state index is 11.9. The second-order valence-electron chi connectivity index (χ2n) is 5.16. The number of carbonyl (C=O) groups excluding carboxylic acids is 1. The minimum atomic E-state index is -0.459. The molecule has 23 heavy (non-hydrogen) atoms. The van der Waals surface area contributed by atoms with Crippen LogP contribution in [0.4, 0.5) is 16.2 Å². The monoisotopic (exact) mass is 314 g/mol. The van der Waals surface area contributed by atoms with E-state index in [0.29, 0.717) is 24.2 Å². The van der Waals surface area contributed by atoms with Gasteiger partial charge in [0, 0.05) is 36.5 Å². The quantitative estimate of drug-likeness (QED) is 0.655. The number of pyridine rings is 1. The van der Waals surface area contributed by atoms with E-state index in [2.05, 4.69) is 15.6 Å². The molecule has 0 aliphatic rings. The molecule has 0 aliphatic heterocycles. The first-order chi connectivity index (χ1) is 11.0. The number of nitro groups is 1.